The van der Waals surface area contributed by atoms with Gasteiger partial charge >= 0.3 is 0 Å². The first-order chi connectivity index (χ1) is 15.3. The molecule has 0 unspecified atom stereocenters. The maximum absolute atomic E-state index is 13.2. The number of pyridine rings is 1. The summed E-state index contributed by atoms with van der Waals surface area (Å²) in [5.41, 5.74) is 2.43. The van der Waals surface area contributed by atoms with Gasteiger partial charge in [0.2, 0.25) is 5.78 Å². The number of amides is 2. The van der Waals surface area contributed by atoms with Crippen LogP contribution in [0.1, 0.15) is 31.8 Å². The van der Waals surface area contributed by atoms with Crippen molar-refractivity contribution < 1.29 is 14.4 Å². The average Bonchev–Trinajstić information content (AvgIpc) is 2.81. The van der Waals surface area contributed by atoms with Gasteiger partial charge in [-0.1, -0.05) is 35.3 Å². The highest BCUT2D eigenvalue weighted by atomic mass is 35.5. The Morgan fingerprint density at radius 2 is 1.91 bits per heavy atom. The van der Waals surface area contributed by atoms with Crippen LogP contribution in [-0.2, 0) is 11.3 Å². The van der Waals surface area contributed by atoms with E-state index in [1.807, 2.05) is 6.07 Å². The minimum absolute atomic E-state index is 0.0219. The van der Waals surface area contributed by atoms with Crippen LogP contribution in [0.2, 0.25) is 10.0 Å². The van der Waals surface area contributed by atoms with E-state index >= 15 is 0 Å². The third-order valence-corrected chi connectivity index (χ3v) is 5.81. The first-order valence-corrected chi connectivity index (χ1v) is 10.4. The SMILES string of the molecule is CN1C(=O)/C(=C\c2ccc(Cl)c(Cl)c2)C(=O)c2cc(C(=O)NCc3cccnc3)ccc21. The maximum Gasteiger partial charge on any atom is 0.262 e. The number of aromatic nitrogens is 1. The van der Waals surface area contributed by atoms with Crippen molar-refractivity contribution in [3.63, 3.8) is 0 Å². The van der Waals surface area contributed by atoms with Gasteiger partial charge in [0, 0.05) is 37.1 Å². The molecule has 1 aliphatic heterocycles. The van der Waals surface area contributed by atoms with Crippen molar-refractivity contribution in [1.29, 1.82) is 0 Å². The minimum atomic E-state index is -0.462. The molecule has 2 heterocycles. The molecule has 1 aliphatic rings. The first kappa shape index (κ1) is 21.7. The summed E-state index contributed by atoms with van der Waals surface area (Å²) in [5.74, 6) is -1.24. The molecular weight excluding hydrogens is 449 g/mol. The van der Waals surface area contributed by atoms with E-state index in [-0.39, 0.29) is 17.0 Å². The molecule has 0 spiro atoms. The molecule has 1 aromatic heterocycles. The molecule has 0 saturated carbocycles. The van der Waals surface area contributed by atoms with E-state index in [0.717, 1.165) is 5.56 Å². The molecule has 0 aliphatic carbocycles. The Bertz CT molecular complexity index is 1270. The lowest BCUT2D eigenvalue weighted by Gasteiger charge is -2.27. The molecule has 2 aromatic carbocycles. The smallest absolute Gasteiger partial charge is 0.262 e. The summed E-state index contributed by atoms with van der Waals surface area (Å²) in [4.78, 5) is 44.0. The molecular formula is C24H17Cl2N3O3. The van der Waals surface area contributed by atoms with Gasteiger partial charge < -0.3 is 10.2 Å². The largest absolute Gasteiger partial charge is 0.348 e. The molecule has 0 radical (unpaired) electrons. The fourth-order valence-corrected chi connectivity index (χ4v) is 3.67. The minimum Gasteiger partial charge on any atom is -0.348 e. The zero-order chi connectivity index (χ0) is 22.8. The van der Waals surface area contributed by atoms with Crippen LogP contribution in [-0.4, -0.2) is 29.6 Å². The van der Waals surface area contributed by atoms with Crippen LogP contribution >= 0.6 is 23.2 Å². The molecule has 32 heavy (non-hydrogen) atoms. The van der Waals surface area contributed by atoms with E-state index in [2.05, 4.69) is 10.3 Å². The molecule has 1 N–H and O–H groups in total. The molecule has 2 amide bonds. The third-order valence-electron chi connectivity index (χ3n) is 5.07. The topological polar surface area (TPSA) is 79.4 Å². The second kappa shape index (κ2) is 8.94. The van der Waals surface area contributed by atoms with E-state index < -0.39 is 11.7 Å². The molecule has 0 bridgehead atoms. The van der Waals surface area contributed by atoms with E-state index in [4.69, 9.17) is 23.2 Å². The number of ketones is 1. The normalized spacial score (nSPS) is 14.5. The van der Waals surface area contributed by atoms with E-state index in [9.17, 15) is 14.4 Å². The lowest BCUT2D eigenvalue weighted by Crippen LogP contribution is -2.37. The monoisotopic (exact) mass is 465 g/mol. The van der Waals surface area contributed by atoms with Crippen molar-refractivity contribution >= 4 is 52.6 Å². The van der Waals surface area contributed by atoms with E-state index in [0.29, 0.717) is 33.4 Å². The molecule has 3 aromatic rings. The van der Waals surface area contributed by atoms with Gasteiger partial charge in [-0.2, -0.15) is 0 Å². The van der Waals surface area contributed by atoms with Gasteiger partial charge in [-0.05, 0) is 53.6 Å². The molecule has 0 saturated heterocycles. The number of nitrogens with zero attached hydrogens (tertiary/aromatic N) is 2. The lowest BCUT2D eigenvalue weighted by atomic mass is 9.92. The number of fused-ring (bicyclic) bond motifs is 1. The summed E-state index contributed by atoms with van der Waals surface area (Å²) < 4.78 is 0. The average molecular weight is 466 g/mol. The summed E-state index contributed by atoms with van der Waals surface area (Å²) in [7, 11) is 1.58. The van der Waals surface area contributed by atoms with Crippen molar-refractivity contribution in [2.24, 2.45) is 0 Å². The highest BCUT2D eigenvalue weighted by Crippen LogP contribution is 2.32. The zero-order valence-corrected chi connectivity index (χ0v) is 18.4. The summed E-state index contributed by atoms with van der Waals surface area (Å²) in [6, 6.07) is 13.2. The van der Waals surface area contributed by atoms with Gasteiger partial charge in [0.05, 0.1) is 21.3 Å². The standard InChI is InChI=1S/C24H17Cl2N3O3/c1-29-21-7-5-16(23(31)28-13-15-3-2-8-27-12-15)11-17(21)22(30)18(24(29)32)9-14-4-6-19(25)20(26)10-14/h2-12H,13H2,1H3,(H,28,31)/b18-9-. The highest BCUT2D eigenvalue weighted by Gasteiger charge is 2.33. The van der Waals surface area contributed by atoms with E-state index in [1.165, 1.54) is 17.0 Å². The number of hydrogen-bond acceptors (Lipinski definition) is 4. The Morgan fingerprint density at radius 1 is 1.09 bits per heavy atom. The lowest BCUT2D eigenvalue weighted by molar-refractivity contribution is -0.114. The van der Waals surface area contributed by atoms with Gasteiger partial charge in [0.15, 0.2) is 0 Å². The fraction of sp³-hybridized carbons (Fsp3) is 0.0833. The van der Waals surface area contributed by atoms with Crippen LogP contribution < -0.4 is 10.2 Å². The van der Waals surface area contributed by atoms with E-state index in [1.54, 1.807) is 55.8 Å². The predicted octanol–water partition coefficient (Wildman–Crippen LogP) is 4.56. The Hall–Kier alpha value is -3.48. The Balaban J connectivity index is 1.64. The Labute approximate surface area is 194 Å². The quantitative estimate of drug-likeness (QED) is 0.452. The number of anilines is 1. The first-order valence-electron chi connectivity index (χ1n) is 9.66. The van der Waals surface area contributed by atoms with Crippen molar-refractivity contribution in [3.05, 3.63) is 98.8 Å². The van der Waals surface area contributed by atoms with Crippen molar-refractivity contribution in [2.75, 3.05) is 11.9 Å². The van der Waals surface area contributed by atoms with Crippen LogP contribution in [0.25, 0.3) is 6.08 Å². The zero-order valence-electron chi connectivity index (χ0n) is 16.9. The Kier molecular flexibility index (Phi) is 6.08. The van der Waals surface area contributed by atoms with Crippen LogP contribution in [0.3, 0.4) is 0 Å². The number of halogens is 2. The van der Waals surface area contributed by atoms with Crippen molar-refractivity contribution in [1.82, 2.24) is 10.3 Å². The van der Waals surface area contributed by atoms with Crippen LogP contribution in [0, 0.1) is 0 Å². The molecule has 0 atom stereocenters. The summed E-state index contributed by atoms with van der Waals surface area (Å²) in [6.45, 7) is 0.304. The van der Waals surface area contributed by atoms with Crippen LogP contribution in [0.15, 0.2) is 66.5 Å². The van der Waals surface area contributed by atoms with Gasteiger partial charge in [0.1, 0.15) is 0 Å². The summed E-state index contributed by atoms with van der Waals surface area (Å²) >= 11 is 12.0. The molecule has 0 fully saturated rings. The van der Waals surface area contributed by atoms with Gasteiger partial charge in [0.25, 0.3) is 11.8 Å². The second-order valence-electron chi connectivity index (χ2n) is 7.20. The summed E-state index contributed by atoms with van der Waals surface area (Å²) in [6.07, 6.45) is 4.79. The van der Waals surface area contributed by atoms with Gasteiger partial charge in [-0.25, -0.2) is 0 Å². The number of Topliss-reactive ketones (excluding diaryl/α,β-unsaturated/α-hetero) is 1. The maximum atomic E-state index is 13.2. The number of benzene rings is 2. The van der Waals surface area contributed by atoms with Gasteiger partial charge in [-0.3, -0.25) is 19.4 Å². The highest BCUT2D eigenvalue weighted by molar-refractivity contribution is 6.42. The number of nitrogens with one attached hydrogen (secondary N) is 1. The second-order valence-corrected chi connectivity index (χ2v) is 8.02. The molecule has 4 rings (SSSR count). The predicted molar refractivity (Wildman–Crippen MR) is 124 cm³/mol. The molecule has 6 nitrogen and oxygen atoms in total. The van der Waals surface area contributed by atoms with Crippen LogP contribution in [0.5, 0.6) is 0 Å². The number of hydrogen-bond donors (Lipinski definition) is 1. The third kappa shape index (κ3) is 4.28. The van der Waals surface area contributed by atoms with Crippen molar-refractivity contribution in [3.8, 4) is 0 Å². The fourth-order valence-electron chi connectivity index (χ4n) is 3.37. The molecule has 8 heteroatoms. The number of rotatable bonds is 4. The number of carbonyl (C=O) groups excluding carboxylic acids is 3. The van der Waals surface area contributed by atoms with Crippen molar-refractivity contribution in [2.45, 2.75) is 6.54 Å². The van der Waals surface area contributed by atoms with Gasteiger partial charge in [-0.15, -0.1) is 0 Å². The number of carbonyl (C=O) groups is 3. The van der Waals surface area contributed by atoms with Crippen LogP contribution in [0.4, 0.5) is 5.69 Å². The number of likely N-dealkylation sites (N-methyl/N-ethyl adjacent to an activating group) is 1. The molecule has 160 valence electrons. The summed E-state index contributed by atoms with van der Waals surface area (Å²) in [5, 5.41) is 3.50. The Morgan fingerprint density at radius 3 is 2.62 bits per heavy atom.